The highest BCUT2D eigenvalue weighted by atomic mass is 32.1. The van der Waals surface area contributed by atoms with Gasteiger partial charge in [-0.25, -0.2) is 19.3 Å². The minimum Gasteiger partial charge on any atom is -0.334 e. The lowest BCUT2D eigenvalue weighted by molar-refractivity contribution is 0.0733. The van der Waals surface area contributed by atoms with Gasteiger partial charge in [-0.2, -0.15) is 0 Å². The normalized spacial score (nSPS) is 13.0. The molecule has 0 saturated heterocycles. The zero-order valence-corrected chi connectivity index (χ0v) is 17.3. The van der Waals surface area contributed by atoms with Crippen LogP contribution in [0.2, 0.25) is 0 Å². The summed E-state index contributed by atoms with van der Waals surface area (Å²) >= 11 is 1.43. The monoisotopic (exact) mass is 431 g/mol. The number of thiazole rings is 1. The molecule has 0 atom stereocenters. The van der Waals surface area contributed by atoms with E-state index in [2.05, 4.69) is 20.3 Å². The van der Waals surface area contributed by atoms with E-state index in [-0.39, 0.29) is 11.7 Å². The third-order valence-corrected chi connectivity index (χ3v) is 5.86. The van der Waals surface area contributed by atoms with E-state index in [1.807, 2.05) is 40.6 Å². The summed E-state index contributed by atoms with van der Waals surface area (Å²) in [6.07, 6.45) is 2.44. The number of nitrogens with one attached hydrogen (secondary N) is 1. The van der Waals surface area contributed by atoms with E-state index in [4.69, 9.17) is 0 Å². The lowest BCUT2D eigenvalue weighted by Gasteiger charge is -2.28. The molecule has 6 nitrogen and oxygen atoms in total. The Morgan fingerprint density at radius 1 is 1.06 bits per heavy atom. The number of carbonyl (C=O) groups is 1. The van der Waals surface area contributed by atoms with E-state index in [9.17, 15) is 9.18 Å². The van der Waals surface area contributed by atoms with E-state index in [1.165, 1.54) is 23.5 Å². The van der Waals surface area contributed by atoms with Crippen LogP contribution < -0.4 is 5.32 Å². The summed E-state index contributed by atoms with van der Waals surface area (Å²) in [5, 5.41) is 5.71. The standard InChI is InChI=1S/C23H18FN5OS/c24-18-8-6-15(7-9-18)20-14-31-23(27-20)28-22-25-12-17-13-29(11-10-19(17)26-22)21(30)16-4-2-1-3-5-16/h1-9,12,14H,10-11,13H2,(H,25,26,27,28). The number of rotatable bonds is 4. The SMILES string of the molecule is O=C(c1ccccc1)N1CCc2nc(Nc3nc(-c4ccc(F)cc4)cs3)ncc2C1. The van der Waals surface area contributed by atoms with E-state index in [1.54, 1.807) is 18.3 Å². The van der Waals surface area contributed by atoms with Crippen molar-refractivity contribution in [2.45, 2.75) is 13.0 Å². The van der Waals surface area contributed by atoms with Crippen LogP contribution in [-0.2, 0) is 13.0 Å². The summed E-state index contributed by atoms with van der Waals surface area (Å²) in [7, 11) is 0. The number of carbonyl (C=O) groups excluding carboxylic acids is 1. The number of anilines is 2. The summed E-state index contributed by atoms with van der Waals surface area (Å²) in [5.74, 6) is 0.218. The van der Waals surface area contributed by atoms with E-state index >= 15 is 0 Å². The Morgan fingerprint density at radius 2 is 1.87 bits per heavy atom. The number of nitrogens with zero attached hydrogens (tertiary/aromatic N) is 4. The molecule has 2 aromatic carbocycles. The number of benzene rings is 2. The number of fused-ring (bicyclic) bond motifs is 1. The molecule has 0 saturated carbocycles. The highest BCUT2D eigenvalue weighted by molar-refractivity contribution is 7.14. The first kappa shape index (κ1) is 19.3. The van der Waals surface area contributed by atoms with Gasteiger partial charge in [0.25, 0.3) is 5.91 Å². The second kappa shape index (κ2) is 8.23. The molecular formula is C23H18FN5OS. The van der Waals surface area contributed by atoms with E-state index < -0.39 is 0 Å². The lowest BCUT2D eigenvalue weighted by Crippen LogP contribution is -2.36. The first-order valence-electron chi connectivity index (χ1n) is 9.83. The van der Waals surface area contributed by atoms with Crippen molar-refractivity contribution in [1.82, 2.24) is 19.9 Å². The maximum atomic E-state index is 13.1. The summed E-state index contributed by atoms with van der Waals surface area (Å²) in [6, 6.07) is 15.5. The summed E-state index contributed by atoms with van der Waals surface area (Å²) in [4.78, 5) is 28.1. The van der Waals surface area contributed by atoms with Gasteiger partial charge < -0.3 is 10.2 Å². The van der Waals surface area contributed by atoms with Gasteiger partial charge in [0.15, 0.2) is 5.13 Å². The summed E-state index contributed by atoms with van der Waals surface area (Å²) in [5.41, 5.74) is 4.18. The Balaban J connectivity index is 1.28. The molecule has 0 unspecified atom stereocenters. The van der Waals surface area contributed by atoms with Crippen molar-refractivity contribution >= 4 is 28.3 Å². The summed E-state index contributed by atoms with van der Waals surface area (Å²) in [6.45, 7) is 1.11. The maximum absolute atomic E-state index is 13.1. The van der Waals surface area contributed by atoms with Gasteiger partial charge in [0.05, 0.1) is 11.4 Å². The minimum atomic E-state index is -0.274. The maximum Gasteiger partial charge on any atom is 0.254 e. The van der Waals surface area contributed by atoms with Crippen molar-refractivity contribution in [3.8, 4) is 11.3 Å². The third kappa shape index (κ3) is 4.15. The minimum absolute atomic E-state index is 0.0181. The number of amides is 1. The Kier molecular flexibility index (Phi) is 5.13. The van der Waals surface area contributed by atoms with Crippen LogP contribution in [0.5, 0.6) is 0 Å². The average molecular weight is 431 g/mol. The molecule has 3 heterocycles. The Hall–Kier alpha value is -3.65. The Bertz CT molecular complexity index is 1230. The Labute approximate surface area is 182 Å². The number of hydrogen-bond acceptors (Lipinski definition) is 6. The molecule has 5 rings (SSSR count). The van der Waals surface area contributed by atoms with Gasteiger partial charge in [-0.05, 0) is 36.4 Å². The van der Waals surface area contributed by atoms with Crippen LogP contribution in [0, 0.1) is 5.82 Å². The van der Waals surface area contributed by atoms with Crippen molar-refractivity contribution in [1.29, 1.82) is 0 Å². The van der Waals surface area contributed by atoms with Crippen LogP contribution in [0.4, 0.5) is 15.5 Å². The zero-order chi connectivity index (χ0) is 21.2. The molecule has 31 heavy (non-hydrogen) atoms. The molecule has 1 amide bonds. The molecule has 4 aromatic rings. The molecule has 0 fully saturated rings. The van der Waals surface area contributed by atoms with Gasteiger partial charge in [-0.1, -0.05) is 18.2 Å². The highest BCUT2D eigenvalue weighted by Crippen LogP contribution is 2.27. The molecular weight excluding hydrogens is 413 g/mol. The average Bonchev–Trinajstić information content (AvgIpc) is 3.27. The fourth-order valence-electron chi connectivity index (χ4n) is 3.49. The molecule has 2 aromatic heterocycles. The van der Waals surface area contributed by atoms with Crippen molar-refractivity contribution in [3.63, 3.8) is 0 Å². The van der Waals surface area contributed by atoms with Gasteiger partial charge in [-0.15, -0.1) is 11.3 Å². The molecule has 0 aliphatic carbocycles. The molecule has 0 bridgehead atoms. The van der Waals surface area contributed by atoms with Gasteiger partial charge >= 0.3 is 0 Å². The fraction of sp³-hybridized carbons (Fsp3) is 0.130. The van der Waals surface area contributed by atoms with E-state index in [0.717, 1.165) is 22.5 Å². The van der Waals surface area contributed by atoms with Gasteiger partial charge in [0, 0.05) is 47.8 Å². The van der Waals surface area contributed by atoms with Crippen LogP contribution in [0.25, 0.3) is 11.3 Å². The topological polar surface area (TPSA) is 71.0 Å². The molecule has 1 aliphatic heterocycles. The first-order chi connectivity index (χ1) is 15.2. The number of halogens is 1. The van der Waals surface area contributed by atoms with Crippen molar-refractivity contribution in [2.24, 2.45) is 0 Å². The van der Waals surface area contributed by atoms with Gasteiger partial charge in [0.1, 0.15) is 5.82 Å². The van der Waals surface area contributed by atoms with Crippen molar-refractivity contribution < 1.29 is 9.18 Å². The fourth-order valence-corrected chi connectivity index (χ4v) is 4.21. The smallest absolute Gasteiger partial charge is 0.254 e. The quantitative estimate of drug-likeness (QED) is 0.508. The van der Waals surface area contributed by atoms with E-state index in [0.29, 0.717) is 36.2 Å². The predicted molar refractivity (Wildman–Crippen MR) is 118 cm³/mol. The molecule has 1 N–H and O–H groups in total. The van der Waals surface area contributed by atoms with Gasteiger partial charge in [0.2, 0.25) is 5.95 Å². The highest BCUT2D eigenvalue weighted by Gasteiger charge is 2.23. The molecule has 0 spiro atoms. The number of hydrogen-bond donors (Lipinski definition) is 1. The Morgan fingerprint density at radius 3 is 2.68 bits per heavy atom. The first-order valence-corrected chi connectivity index (χ1v) is 10.7. The molecule has 8 heteroatoms. The molecule has 154 valence electrons. The largest absolute Gasteiger partial charge is 0.334 e. The molecule has 0 radical (unpaired) electrons. The lowest BCUT2D eigenvalue weighted by atomic mass is 10.1. The second-order valence-corrected chi connectivity index (χ2v) is 8.04. The summed E-state index contributed by atoms with van der Waals surface area (Å²) < 4.78 is 13.1. The second-order valence-electron chi connectivity index (χ2n) is 7.18. The van der Waals surface area contributed by atoms with Crippen LogP contribution in [-0.4, -0.2) is 32.3 Å². The van der Waals surface area contributed by atoms with Gasteiger partial charge in [-0.3, -0.25) is 4.79 Å². The third-order valence-electron chi connectivity index (χ3n) is 5.10. The van der Waals surface area contributed by atoms with Crippen molar-refractivity contribution in [2.75, 3.05) is 11.9 Å². The molecule has 1 aliphatic rings. The van der Waals surface area contributed by atoms with Crippen LogP contribution in [0.1, 0.15) is 21.6 Å². The predicted octanol–water partition coefficient (Wildman–Crippen LogP) is 4.68. The van der Waals surface area contributed by atoms with Crippen LogP contribution in [0.15, 0.2) is 66.2 Å². The zero-order valence-electron chi connectivity index (χ0n) is 16.5. The van der Waals surface area contributed by atoms with Crippen LogP contribution >= 0.6 is 11.3 Å². The van der Waals surface area contributed by atoms with Crippen LogP contribution in [0.3, 0.4) is 0 Å². The number of aromatic nitrogens is 3. The van der Waals surface area contributed by atoms with Crippen molar-refractivity contribution in [3.05, 3.63) is 88.8 Å².